The smallest absolute Gasteiger partial charge is 0.393 e. The number of aliphatic hydroxyl groups excluding tert-OH is 2. The number of aliphatic hydroxyl groups is 4. The Balaban J connectivity index is 1.93. The molecule has 43 heavy (non-hydrogen) atoms. The van der Waals surface area contributed by atoms with Gasteiger partial charge in [0.2, 0.25) is 0 Å². The van der Waals surface area contributed by atoms with Crippen molar-refractivity contribution >= 4 is 0 Å². The summed E-state index contributed by atoms with van der Waals surface area (Å²) in [6.45, 7) is 11.4. The minimum absolute atomic E-state index is 0.0223. The molecule has 0 radical (unpaired) electrons. The lowest BCUT2D eigenvalue weighted by Crippen LogP contribution is -2.55. The number of hydrogen-bond acceptors (Lipinski definition) is 4. The summed E-state index contributed by atoms with van der Waals surface area (Å²) in [7, 11) is 0. The van der Waals surface area contributed by atoms with E-state index >= 15 is 0 Å². The van der Waals surface area contributed by atoms with Gasteiger partial charge in [-0.25, -0.2) is 0 Å². The quantitative estimate of drug-likeness (QED) is 0.156. The van der Waals surface area contributed by atoms with E-state index in [0.29, 0.717) is 31.3 Å². The number of fused-ring (bicyclic) bond motifs is 1. The summed E-state index contributed by atoms with van der Waals surface area (Å²) in [4.78, 5) is 0. The molecule has 10 heteroatoms. The van der Waals surface area contributed by atoms with E-state index in [2.05, 4.69) is 13.5 Å². The molecule has 4 nitrogen and oxygen atoms in total. The fourth-order valence-electron chi connectivity index (χ4n) is 8.04. The summed E-state index contributed by atoms with van der Waals surface area (Å²) in [5.41, 5.74) is -4.25. The SMILES string of the molecule is C=C1/C(=C\C=C2/CCC[C@@]3(C)C2CCC3[C@](C)(C/C=C/C(O)(C(F)(F)F)C(F)(F)F)CCCC(C)(C)O)CC(O)C[C@@H]1O. The molecule has 3 aliphatic rings. The van der Waals surface area contributed by atoms with Gasteiger partial charge in [-0.3, -0.25) is 0 Å². The van der Waals surface area contributed by atoms with Crippen molar-refractivity contribution in [3.05, 3.63) is 47.6 Å². The predicted octanol–water partition coefficient (Wildman–Crippen LogP) is 7.88. The highest BCUT2D eigenvalue weighted by molar-refractivity contribution is 5.38. The lowest BCUT2D eigenvalue weighted by Gasteiger charge is -2.49. The van der Waals surface area contributed by atoms with Crippen LogP contribution in [-0.2, 0) is 0 Å². The Morgan fingerprint density at radius 2 is 1.58 bits per heavy atom. The Hall–Kier alpha value is -1.62. The average Bonchev–Trinajstić information content (AvgIpc) is 3.21. The second kappa shape index (κ2) is 12.6. The standard InChI is InChI=1S/C33H48F6O4/c1-21-23(19-24(40)20-26(21)41)11-10-22-9-6-17-30(5)25(22)12-13-27(30)29(4,15-7-14-28(2,3)42)16-8-18-31(43,32(34,35)36)33(37,38)39/h8,10-11,18,24-27,40-43H,1,6-7,9,12-17,19-20H2,2-5H3/b18-8+,22-10+,23-11-/t24?,25?,26-,27?,29-,30-/m0/s1. The van der Waals surface area contributed by atoms with Crippen LogP contribution in [0.1, 0.15) is 98.3 Å². The predicted molar refractivity (Wildman–Crippen MR) is 154 cm³/mol. The Labute approximate surface area is 251 Å². The molecule has 0 amide bonds. The third kappa shape index (κ3) is 7.79. The summed E-state index contributed by atoms with van der Waals surface area (Å²) < 4.78 is 80.2. The molecule has 0 aromatic carbocycles. The molecule has 246 valence electrons. The summed E-state index contributed by atoms with van der Waals surface area (Å²) >= 11 is 0. The molecule has 6 atom stereocenters. The highest BCUT2D eigenvalue weighted by Crippen LogP contribution is 2.64. The normalized spacial score (nSPS) is 32.9. The van der Waals surface area contributed by atoms with E-state index in [4.69, 9.17) is 0 Å². The van der Waals surface area contributed by atoms with Crippen molar-refractivity contribution in [3.63, 3.8) is 0 Å². The van der Waals surface area contributed by atoms with Crippen LogP contribution in [0.3, 0.4) is 0 Å². The zero-order chi connectivity index (χ0) is 32.6. The van der Waals surface area contributed by atoms with Gasteiger partial charge in [0, 0.05) is 6.42 Å². The van der Waals surface area contributed by atoms with Crippen LogP contribution >= 0.6 is 0 Å². The summed E-state index contributed by atoms with van der Waals surface area (Å²) in [6.07, 6.45) is -2.44. The lowest BCUT2D eigenvalue weighted by molar-refractivity contribution is -0.347. The van der Waals surface area contributed by atoms with Gasteiger partial charge in [-0.2, -0.15) is 26.3 Å². The Morgan fingerprint density at radius 3 is 2.16 bits per heavy atom. The first kappa shape index (κ1) is 35.9. The van der Waals surface area contributed by atoms with Gasteiger partial charge in [0.15, 0.2) is 0 Å². The third-order valence-electron chi connectivity index (χ3n) is 10.4. The number of hydrogen-bond donors (Lipinski definition) is 4. The first-order valence-electron chi connectivity index (χ1n) is 15.2. The zero-order valence-electron chi connectivity index (χ0n) is 25.7. The maximum Gasteiger partial charge on any atom is 0.429 e. The fraction of sp³-hybridized carbons (Fsp3) is 0.758. The molecular weight excluding hydrogens is 574 g/mol. The first-order valence-corrected chi connectivity index (χ1v) is 15.2. The van der Waals surface area contributed by atoms with Crippen LogP contribution < -0.4 is 0 Å². The maximum absolute atomic E-state index is 13.4. The van der Waals surface area contributed by atoms with Crippen LogP contribution in [0.5, 0.6) is 0 Å². The van der Waals surface area contributed by atoms with Gasteiger partial charge in [-0.15, -0.1) is 0 Å². The molecule has 0 aliphatic heterocycles. The summed E-state index contributed by atoms with van der Waals surface area (Å²) in [5.74, 6) is 0.139. The van der Waals surface area contributed by atoms with E-state index in [1.54, 1.807) is 13.8 Å². The van der Waals surface area contributed by atoms with Crippen LogP contribution in [0.15, 0.2) is 47.6 Å². The van der Waals surface area contributed by atoms with Gasteiger partial charge < -0.3 is 20.4 Å². The Bertz CT molecular complexity index is 1080. The second-order valence-corrected chi connectivity index (χ2v) is 14.3. The van der Waals surface area contributed by atoms with Crippen molar-refractivity contribution in [2.75, 3.05) is 0 Å². The summed E-state index contributed by atoms with van der Waals surface area (Å²) in [5, 5.41) is 40.3. The average molecular weight is 623 g/mol. The monoisotopic (exact) mass is 622 g/mol. The Kier molecular flexibility index (Phi) is 10.5. The van der Waals surface area contributed by atoms with Crippen molar-refractivity contribution in [1.29, 1.82) is 0 Å². The molecule has 0 heterocycles. The van der Waals surface area contributed by atoms with Gasteiger partial charge >= 0.3 is 12.4 Å². The minimum atomic E-state index is -5.92. The van der Waals surface area contributed by atoms with Crippen molar-refractivity contribution in [2.24, 2.45) is 22.7 Å². The molecule has 0 bridgehead atoms. The molecule has 3 unspecified atom stereocenters. The van der Waals surface area contributed by atoms with E-state index in [1.165, 1.54) is 5.57 Å². The fourth-order valence-corrected chi connectivity index (χ4v) is 8.04. The topological polar surface area (TPSA) is 80.9 Å². The van der Waals surface area contributed by atoms with Crippen LogP contribution in [0, 0.1) is 22.7 Å². The maximum atomic E-state index is 13.4. The van der Waals surface area contributed by atoms with Crippen molar-refractivity contribution < 1.29 is 46.8 Å². The molecule has 0 aromatic rings. The van der Waals surface area contributed by atoms with E-state index in [9.17, 15) is 46.8 Å². The van der Waals surface area contributed by atoms with Crippen LogP contribution in [0.4, 0.5) is 26.3 Å². The third-order valence-corrected chi connectivity index (χ3v) is 10.4. The lowest BCUT2D eigenvalue weighted by atomic mass is 9.55. The molecule has 3 aliphatic carbocycles. The van der Waals surface area contributed by atoms with E-state index in [0.717, 1.165) is 43.8 Å². The van der Waals surface area contributed by atoms with Gasteiger partial charge in [-0.1, -0.05) is 50.6 Å². The summed E-state index contributed by atoms with van der Waals surface area (Å²) in [6, 6.07) is 0. The molecular formula is C33H48F6O4. The molecule has 0 aromatic heterocycles. The van der Waals surface area contributed by atoms with E-state index < -0.39 is 41.2 Å². The molecule has 0 spiro atoms. The number of rotatable bonds is 9. The molecule has 3 saturated carbocycles. The zero-order valence-corrected chi connectivity index (χ0v) is 25.7. The van der Waals surface area contributed by atoms with Gasteiger partial charge in [0.05, 0.1) is 17.8 Å². The van der Waals surface area contributed by atoms with Gasteiger partial charge in [-0.05, 0) is 112 Å². The van der Waals surface area contributed by atoms with E-state index in [1.807, 2.05) is 19.1 Å². The molecule has 3 fully saturated rings. The minimum Gasteiger partial charge on any atom is -0.393 e. The number of halogens is 6. The van der Waals surface area contributed by atoms with Crippen LogP contribution in [-0.4, -0.2) is 56.2 Å². The highest BCUT2D eigenvalue weighted by atomic mass is 19.4. The largest absolute Gasteiger partial charge is 0.429 e. The Morgan fingerprint density at radius 1 is 0.953 bits per heavy atom. The number of allylic oxidation sites excluding steroid dienone is 4. The molecule has 0 saturated heterocycles. The second-order valence-electron chi connectivity index (χ2n) is 14.3. The van der Waals surface area contributed by atoms with Crippen LogP contribution in [0.25, 0.3) is 0 Å². The highest BCUT2D eigenvalue weighted by Gasteiger charge is 2.69. The first-order chi connectivity index (χ1) is 19.5. The van der Waals surface area contributed by atoms with Crippen molar-refractivity contribution in [1.82, 2.24) is 0 Å². The number of alkyl halides is 6. The molecule has 3 rings (SSSR count). The van der Waals surface area contributed by atoms with E-state index in [-0.39, 0.29) is 36.2 Å². The van der Waals surface area contributed by atoms with Crippen molar-refractivity contribution in [3.8, 4) is 0 Å². The van der Waals surface area contributed by atoms with Crippen molar-refractivity contribution in [2.45, 2.75) is 134 Å². The van der Waals surface area contributed by atoms with Gasteiger partial charge in [0.25, 0.3) is 5.60 Å². The van der Waals surface area contributed by atoms with Gasteiger partial charge in [0.1, 0.15) is 0 Å². The molecule has 4 N–H and O–H groups in total. The van der Waals surface area contributed by atoms with Crippen LogP contribution in [0.2, 0.25) is 0 Å².